The van der Waals surface area contributed by atoms with Gasteiger partial charge in [0.1, 0.15) is 5.75 Å². The fourth-order valence-electron chi connectivity index (χ4n) is 2.91. The first kappa shape index (κ1) is 15.0. The van der Waals surface area contributed by atoms with E-state index in [1.807, 2.05) is 54.6 Å². The Labute approximate surface area is 144 Å². The Hall–Kier alpha value is -2.53. The fourth-order valence-corrected chi connectivity index (χ4v) is 3.82. The van der Waals surface area contributed by atoms with E-state index in [4.69, 9.17) is 9.73 Å². The van der Waals surface area contributed by atoms with Crippen LogP contribution in [0.2, 0.25) is 0 Å². The molecule has 0 radical (unpaired) electrons. The Morgan fingerprint density at radius 2 is 1.88 bits per heavy atom. The molecule has 1 atom stereocenters. The third kappa shape index (κ3) is 2.61. The van der Waals surface area contributed by atoms with E-state index >= 15 is 0 Å². The average Bonchev–Trinajstić information content (AvgIpc) is 3.03. The van der Waals surface area contributed by atoms with E-state index in [2.05, 4.69) is 6.08 Å². The van der Waals surface area contributed by atoms with Crippen LogP contribution in [0.3, 0.4) is 0 Å². The minimum Gasteiger partial charge on any atom is -0.497 e. The first-order valence-electron chi connectivity index (χ1n) is 7.71. The Kier molecular flexibility index (Phi) is 3.86. The molecule has 2 aromatic carbocycles. The molecule has 2 aliphatic heterocycles. The van der Waals surface area contributed by atoms with Gasteiger partial charge < -0.3 is 4.74 Å². The molecular formula is C19H16N2O2S. The number of rotatable bonds is 3. The van der Waals surface area contributed by atoms with Crippen molar-refractivity contribution in [2.45, 2.75) is 6.04 Å². The predicted octanol–water partition coefficient (Wildman–Crippen LogP) is 3.72. The molecule has 120 valence electrons. The van der Waals surface area contributed by atoms with Crippen LogP contribution in [0.15, 0.2) is 65.7 Å². The summed E-state index contributed by atoms with van der Waals surface area (Å²) in [5.41, 5.74) is 3.00. The van der Waals surface area contributed by atoms with Crippen molar-refractivity contribution in [3.8, 4) is 5.75 Å². The number of ether oxygens (including phenoxy) is 1. The fraction of sp³-hybridized carbons (Fsp3) is 0.158. The lowest BCUT2D eigenvalue weighted by Crippen LogP contribution is -2.34. The van der Waals surface area contributed by atoms with Crippen LogP contribution < -0.4 is 4.74 Å². The predicted molar refractivity (Wildman–Crippen MR) is 96.9 cm³/mol. The van der Waals surface area contributed by atoms with Gasteiger partial charge in [-0.25, -0.2) is 4.99 Å². The monoisotopic (exact) mass is 336 g/mol. The van der Waals surface area contributed by atoms with E-state index < -0.39 is 0 Å². The molecule has 0 aliphatic carbocycles. The van der Waals surface area contributed by atoms with E-state index in [1.54, 1.807) is 12.0 Å². The molecule has 24 heavy (non-hydrogen) atoms. The summed E-state index contributed by atoms with van der Waals surface area (Å²) in [4.78, 5) is 18.8. The van der Waals surface area contributed by atoms with Gasteiger partial charge in [-0.1, -0.05) is 42.1 Å². The van der Waals surface area contributed by atoms with Crippen molar-refractivity contribution in [2.24, 2.45) is 4.99 Å². The zero-order valence-electron chi connectivity index (χ0n) is 13.2. The molecule has 0 saturated carbocycles. The Balaban J connectivity index is 1.77. The van der Waals surface area contributed by atoms with Crippen molar-refractivity contribution in [1.29, 1.82) is 0 Å². The summed E-state index contributed by atoms with van der Waals surface area (Å²) < 4.78 is 5.22. The van der Waals surface area contributed by atoms with Gasteiger partial charge in [-0.3, -0.25) is 9.69 Å². The molecule has 4 rings (SSSR count). The molecule has 0 N–H and O–H groups in total. The number of amides is 1. The zero-order chi connectivity index (χ0) is 16.5. The molecular weight excluding hydrogens is 320 g/mol. The van der Waals surface area contributed by atoms with Crippen molar-refractivity contribution >= 4 is 28.5 Å². The highest BCUT2D eigenvalue weighted by atomic mass is 32.2. The normalized spacial score (nSPS) is 19.6. The van der Waals surface area contributed by atoms with E-state index in [0.717, 1.165) is 27.7 Å². The topological polar surface area (TPSA) is 41.9 Å². The summed E-state index contributed by atoms with van der Waals surface area (Å²) in [6.07, 6.45) is 2.06. The number of carbonyl (C=O) groups excluding carboxylic acids is 1. The third-order valence-corrected chi connectivity index (χ3v) is 5.07. The quantitative estimate of drug-likeness (QED) is 0.858. The van der Waals surface area contributed by atoms with Crippen LogP contribution in [0.5, 0.6) is 5.75 Å². The molecule has 4 nitrogen and oxygen atoms in total. The highest BCUT2D eigenvalue weighted by Crippen LogP contribution is 2.38. The lowest BCUT2D eigenvalue weighted by atomic mass is 10.0. The average molecular weight is 336 g/mol. The number of fused-ring (bicyclic) bond motifs is 1. The Morgan fingerprint density at radius 1 is 1.12 bits per heavy atom. The van der Waals surface area contributed by atoms with Crippen molar-refractivity contribution < 1.29 is 9.53 Å². The molecule has 1 fully saturated rings. The maximum atomic E-state index is 12.3. The number of thioether (sulfide) groups is 1. The van der Waals surface area contributed by atoms with Gasteiger partial charge in [0.05, 0.1) is 24.6 Å². The number of benzene rings is 2. The van der Waals surface area contributed by atoms with Crippen LogP contribution >= 0.6 is 11.8 Å². The molecule has 2 aromatic rings. The SMILES string of the molecule is COc1ccc(C2=CC(c3ccccc3)N3C(=O)CSC3=N2)cc1. The molecule has 0 spiro atoms. The first-order valence-corrected chi connectivity index (χ1v) is 8.69. The van der Waals surface area contributed by atoms with Gasteiger partial charge >= 0.3 is 0 Å². The molecule has 2 heterocycles. The van der Waals surface area contributed by atoms with Crippen molar-refractivity contribution in [3.05, 3.63) is 71.8 Å². The Morgan fingerprint density at radius 3 is 2.58 bits per heavy atom. The number of hydrogen-bond acceptors (Lipinski definition) is 4. The second kappa shape index (κ2) is 6.17. The van der Waals surface area contributed by atoms with Crippen LogP contribution in [0, 0.1) is 0 Å². The van der Waals surface area contributed by atoms with E-state index in [1.165, 1.54) is 11.8 Å². The second-order valence-electron chi connectivity index (χ2n) is 5.58. The van der Waals surface area contributed by atoms with Crippen molar-refractivity contribution in [1.82, 2.24) is 4.90 Å². The third-order valence-electron chi connectivity index (χ3n) is 4.14. The standard InChI is InChI=1S/C19H16N2O2S/c1-23-15-9-7-13(8-10-15)16-11-17(14-5-3-2-4-6-14)21-18(22)12-24-19(21)20-16/h2-11,17H,12H2,1H3. The van der Waals surface area contributed by atoms with Gasteiger partial charge in [0.2, 0.25) is 5.91 Å². The Bertz CT molecular complexity index is 828. The maximum Gasteiger partial charge on any atom is 0.239 e. The van der Waals surface area contributed by atoms with Crippen LogP contribution in [0.1, 0.15) is 17.2 Å². The summed E-state index contributed by atoms with van der Waals surface area (Å²) in [6, 6.07) is 17.8. The summed E-state index contributed by atoms with van der Waals surface area (Å²) in [6.45, 7) is 0. The van der Waals surface area contributed by atoms with Crippen LogP contribution in [-0.4, -0.2) is 28.8 Å². The highest BCUT2D eigenvalue weighted by Gasteiger charge is 2.37. The van der Waals surface area contributed by atoms with Crippen LogP contribution in [0.4, 0.5) is 0 Å². The summed E-state index contributed by atoms with van der Waals surface area (Å²) >= 11 is 1.50. The molecule has 0 bridgehead atoms. The summed E-state index contributed by atoms with van der Waals surface area (Å²) in [7, 11) is 1.65. The number of aliphatic imine (C=N–C) groups is 1. The maximum absolute atomic E-state index is 12.3. The van der Waals surface area contributed by atoms with Gasteiger partial charge in [0, 0.05) is 5.56 Å². The van der Waals surface area contributed by atoms with Gasteiger partial charge in [0.15, 0.2) is 5.17 Å². The van der Waals surface area contributed by atoms with E-state index in [-0.39, 0.29) is 11.9 Å². The zero-order valence-corrected chi connectivity index (χ0v) is 14.0. The highest BCUT2D eigenvalue weighted by molar-refractivity contribution is 8.15. The van der Waals surface area contributed by atoms with Crippen molar-refractivity contribution in [2.75, 3.05) is 12.9 Å². The lowest BCUT2D eigenvalue weighted by Gasteiger charge is -2.29. The first-order chi connectivity index (χ1) is 11.8. The smallest absolute Gasteiger partial charge is 0.239 e. The molecule has 5 heteroatoms. The number of carbonyl (C=O) groups is 1. The molecule has 0 aromatic heterocycles. The summed E-state index contributed by atoms with van der Waals surface area (Å²) in [5, 5.41) is 0.780. The number of amidine groups is 1. The van der Waals surface area contributed by atoms with Crippen LogP contribution in [-0.2, 0) is 4.79 Å². The molecule has 1 unspecified atom stereocenters. The number of hydrogen-bond donors (Lipinski definition) is 0. The minimum absolute atomic E-state index is 0.109. The number of nitrogens with zero attached hydrogens (tertiary/aromatic N) is 2. The van der Waals surface area contributed by atoms with Crippen LogP contribution in [0.25, 0.3) is 5.70 Å². The molecule has 1 amide bonds. The van der Waals surface area contributed by atoms with Gasteiger partial charge in [-0.05, 0) is 35.9 Å². The summed E-state index contributed by atoms with van der Waals surface area (Å²) in [5.74, 6) is 1.37. The molecule has 1 saturated heterocycles. The minimum atomic E-state index is -0.113. The van der Waals surface area contributed by atoms with Gasteiger partial charge in [0.25, 0.3) is 0 Å². The van der Waals surface area contributed by atoms with Gasteiger partial charge in [-0.15, -0.1) is 0 Å². The number of methoxy groups -OCH3 is 1. The van der Waals surface area contributed by atoms with E-state index in [0.29, 0.717) is 5.75 Å². The van der Waals surface area contributed by atoms with Crippen molar-refractivity contribution in [3.63, 3.8) is 0 Å². The van der Waals surface area contributed by atoms with E-state index in [9.17, 15) is 4.79 Å². The largest absolute Gasteiger partial charge is 0.497 e. The van der Waals surface area contributed by atoms with Gasteiger partial charge in [-0.2, -0.15) is 0 Å². The molecule has 2 aliphatic rings. The second-order valence-corrected chi connectivity index (χ2v) is 6.53. The lowest BCUT2D eigenvalue weighted by molar-refractivity contribution is -0.125.